The Labute approximate surface area is 133 Å². The van der Waals surface area contributed by atoms with Gasteiger partial charge >= 0.3 is 0 Å². The highest BCUT2D eigenvalue weighted by Crippen LogP contribution is 2.11. The lowest BCUT2D eigenvalue weighted by atomic mass is 10.2. The molecule has 2 aromatic heterocycles. The highest BCUT2D eigenvalue weighted by molar-refractivity contribution is 5.80. The van der Waals surface area contributed by atoms with Crippen LogP contribution in [-0.2, 0) is 0 Å². The lowest BCUT2D eigenvalue weighted by Gasteiger charge is -2.03. The van der Waals surface area contributed by atoms with Crippen molar-refractivity contribution >= 4 is 12.0 Å². The Morgan fingerprint density at radius 1 is 1.22 bits per heavy atom. The molecule has 1 N–H and O–H groups in total. The number of rotatable bonds is 5. The molecule has 2 heterocycles. The van der Waals surface area contributed by atoms with Gasteiger partial charge in [0.05, 0.1) is 19.5 Å². The molecular formula is C16H16N6O. The SMILES string of the molecule is COc1ccc(/C=N/Nc2cc(-n3cc(C)cn3)ncn2)cc1. The van der Waals surface area contributed by atoms with Crippen LogP contribution in [0.25, 0.3) is 5.82 Å². The number of aromatic nitrogens is 4. The van der Waals surface area contributed by atoms with Crippen molar-refractivity contribution in [1.82, 2.24) is 19.7 Å². The summed E-state index contributed by atoms with van der Waals surface area (Å²) < 4.78 is 6.80. The molecule has 0 radical (unpaired) electrons. The van der Waals surface area contributed by atoms with Crippen LogP contribution in [0.15, 0.2) is 54.2 Å². The minimum Gasteiger partial charge on any atom is -0.497 e. The Hall–Kier alpha value is -3.22. The van der Waals surface area contributed by atoms with Gasteiger partial charge in [-0.15, -0.1) is 0 Å². The van der Waals surface area contributed by atoms with Gasteiger partial charge in [0, 0.05) is 12.3 Å². The summed E-state index contributed by atoms with van der Waals surface area (Å²) in [5.74, 6) is 2.08. The molecule has 0 aliphatic heterocycles. The molecule has 0 atom stereocenters. The van der Waals surface area contributed by atoms with Gasteiger partial charge in [0.15, 0.2) is 11.6 Å². The number of ether oxygens (including phenoxy) is 1. The third-order valence-corrected chi connectivity index (χ3v) is 3.11. The number of hydrogen-bond donors (Lipinski definition) is 1. The lowest BCUT2D eigenvalue weighted by molar-refractivity contribution is 0.415. The highest BCUT2D eigenvalue weighted by atomic mass is 16.5. The van der Waals surface area contributed by atoms with Gasteiger partial charge in [0.2, 0.25) is 0 Å². The van der Waals surface area contributed by atoms with E-state index in [-0.39, 0.29) is 0 Å². The molecular weight excluding hydrogens is 292 g/mol. The topological polar surface area (TPSA) is 77.2 Å². The van der Waals surface area contributed by atoms with E-state index >= 15 is 0 Å². The van der Waals surface area contributed by atoms with Gasteiger partial charge in [-0.05, 0) is 42.3 Å². The van der Waals surface area contributed by atoms with E-state index in [0.717, 1.165) is 16.9 Å². The molecule has 0 saturated heterocycles. The van der Waals surface area contributed by atoms with Crippen molar-refractivity contribution < 1.29 is 4.74 Å². The van der Waals surface area contributed by atoms with Crippen molar-refractivity contribution in [2.45, 2.75) is 6.92 Å². The summed E-state index contributed by atoms with van der Waals surface area (Å²) in [5.41, 5.74) is 4.90. The molecule has 0 bridgehead atoms. The summed E-state index contributed by atoms with van der Waals surface area (Å²) in [6, 6.07) is 9.37. The van der Waals surface area contributed by atoms with Gasteiger partial charge in [-0.25, -0.2) is 14.6 Å². The Balaban J connectivity index is 1.69. The Kier molecular flexibility index (Phi) is 4.28. The molecule has 0 amide bonds. The van der Waals surface area contributed by atoms with E-state index in [1.807, 2.05) is 37.4 Å². The predicted octanol–water partition coefficient (Wildman–Crippen LogP) is 2.43. The van der Waals surface area contributed by atoms with Crippen molar-refractivity contribution in [3.8, 4) is 11.6 Å². The summed E-state index contributed by atoms with van der Waals surface area (Å²) in [6.45, 7) is 1.98. The zero-order chi connectivity index (χ0) is 16.1. The van der Waals surface area contributed by atoms with Gasteiger partial charge in [0.25, 0.3) is 0 Å². The Morgan fingerprint density at radius 2 is 2.04 bits per heavy atom. The number of hydrazone groups is 1. The van der Waals surface area contributed by atoms with Crippen LogP contribution in [0.4, 0.5) is 5.82 Å². The van der Waals surface area contributed by atoms with E-state index in [9.17, 15) is 0 Å². The fraction of sp³-hybridized carbons (Fsp3) is 0.125. The quantitative estimate of drug-likeness (QED) is 0.578. The third kappa shape index (κ3) is 3.70. The van der Waals surface area contributed by atoms with Crippen molar-refractivity contribution in [3.63, 3.8) is 0 Å². The average molecular weight is 308 g/mol. The largest absolute Gasteiger partial charge is 0.497 e. The maximum absolute atomic E-state index is 5.11. The molecule has 0 fully saturated rings. The molecule has 0 unspecified atom stereocenters. The molecule has 7 nitrogen and oxygen atoms in total. The first-order valence-corrected chi connectivity index (χ1v) is 7.01. The van der Waals surface area contributed by atoms with Crippen molar-refractivity contribution in [1.29, 1.82) is 0 Å². The predicted molar refractivity (Wildman–Crippen MR) is 88.1 cm³/mol. The molecule has 3 rings (SSSR count). The van der Waals surface area contributed by atoms with Gasteiger partial charge in [-0.1, -0.05) is 0 Å². The van der Waals surface area contributed by atoms with Gasteiger partial charge in [-0.3, -0.25) is 5.43 Å². The number of nitrogens with zero attached hydrogens (tertiary/aromatic N) is 5. The fourth-order valence-corrected chi connectivity index (χ4v) is 1.93. The van der Waals surface area contributed by atoms with Crippen LogP contribution in [0.2, 0.25) is 0 Å². The molecule has 0 saturated carbocycles. The van der Waals surface area contributed by atoms with E-state index in [2.05, 4.69) is 25.6 Å². The summed E-state index contributed by atoms with van der Waals surface area (Å²) in [6.07, 6.45) is 6.85. The summed E-state index contributed by atoms with van der Waals surface area (Å²) in [4.78, 5) is 8.33. The van der Waals surface area contributed by atoms with Gasteiger partial charge < -0.3 is 4.74 Å². The monoisotopic (exact) mass is 308 g/mol. The van der Waals surface area contributed by atoms with Crippen LogP contribution in [0, 0.1) is 6.92 Å². The third-order valence-electron chi connectivity index (χ3n) is 3.11. The number of benzene rings is 1. The van der Waals surface area contributed by atoms with Gasteiger partial charge in [0.1, 0.15) is 12.1 Å². The van der Waals surface area contributed by atoms with Crippen LogP contribution < -0.4 is 10.2 Å². The van der Waals surface area contributed by atoms with Crippen LogP contribution in [0.3, 0.4) is 0 Å². The molecule has 23 heavy (non-hydrogen) atoms. The second-order valence-corrected chi connectivity index (χ2v) is 4.87. The van der Waals surface area contributed by atoms with Crippen molar-refractivity contribution in [2.75, 3.05) is 12.5 Å². The second-order valence-electron chi connectivity index (χ2n) is 4.87. The van der Waals surface area contributed by atoms with E-state index in [4.69, 9.17) is 4.74 Å². The Bertz CT molecular complexity index is 809. The zero-order valence-corrected chi connectivity index (χ0v) is 12.8. The number of aryl methyl sites for hydroxylation is 1. The number of methoxy groups -OCH3 is 1. The van der Waals surface area contributed by atoms with Gasteiger partial charge in [-0.2, -0.15) is 10.2 Å². The normalized spacial score (nSPS) is 10.9. The second kappa shape index (κ2) is 6.69. The standard InChI is InChI=1S/C16H16N6O/c1-12-8-20-22(10-12)16-7-15(17-11-18-16)21-19-9-13-3-5-14(23-2)6-4-13/h3-11H,1-2H3,(H,17,18,21)/b19-9+. The number of nitrogens with one attached hydrogen (secondary N) is 1. The fourth-order valence-electron chi connectivity index (χ4n) is 1.93. The van der Waals surface area contributed by atoms with Crippen LogP contribution in [0.1, 0.15) is 11.1 Å². The number of hydrogen-bond acceptors (Lipinski definition) is 6. The summed E-state index contributed by atoms with van der Waals surface area (Å²) >= 11 is 0. The minimum absolute atomic E-state index is 0.591. The van der Waals surface area contributed by atoms with Crippen molar-refractivity contribution in [2.24, 2.45) is 5.10 Å². The molecule has 0 aliphatic carbocycles. The molecule has 7 heteroatoms. The first kappa shape index (κ1) is 14.7. The smallest absolute Gasteiger partial charge is 0.158 e. The van der Waals surface area contributed by atoms with E-state index < -0.39 is 0 Å². The van der Waals surface area contributed by atoms with Crippen LogP contribution >= 0.6 is 0 Å². The Morgan fingerprint density at radius 3 is 2.74 bits per heavy atom. The molecule has 3 aromatic rings. The average Bonchev–Trinajstić information content (AvgIpc) is 3.02. The van der Waals surface area contributed by atoms with Crippen LogP contribution in [0.5, 0.6) is 5.75 Å². The summed E-state index contributed by atoms with van der Waals surface area (Å²) in [7, 11) is 1.64. The summed E-state index contributed by atoms with van der Waals surface area (Å²) in [5, 5.41) is 8.39. The van der Waals surface area contributed by atoms with E-state index in [1.165, 1.54) is 6.33 Å². The first-order chi connectivity index (χ1) is 11.2. The van der Waals surface area contributed by atoms with E-state index in [0.29, 0.717) is 11.6 Å². The van der Waals surface area contributed by atoms with Crippen molar-refractivity contribution in [3.05, 3.63) is 60.2 Å². The highest BCUT2D eigenvalue weighted by Gasteiger charge is 2.01. The molecule has 116 valence electrons. The van der Waals surface area contributed by atoms with Crippen LogP contribution in [-0.4, -0.2) is 33.1 Å². The zero-order valence-electron chi connectivity index (χ0n) is 12.8. The number of anilines is 1. The molecule has 1 aromatic carbocycles. The lowest BCUT2D eigenvalue weighted by Crippen LogP contribution is -2.01. The minimum atomic E-state index is 0.591. The van der Waals surface area contributed by atoms with E-state index in [1.54, 1.807) is 30.3 Å². The maximum Gasteiger partial charge on any atom is 0.158 e. The maximum atomic E-state index is 5.11. The molecule has 0 aliphatic rings. The molecule has 0 spiro atoms. The first-order valence-electron chi connectivity index (χ1n) is 7.01.